The largest absolute Gasteiger partial charge is 0.365 e. The van der Waals surface area contributed by atoms with Crippen LogP contribution >= 0.6 is 0 Å². The number of hydrogen-bond donors (Lipinski definition) is 2. The summed E-state index contributed by atoms with van der Waals surface area (Å²) in [4.78, 5) is 11.2. The third-order valence-electron chi connectivity index (χ3n) is 3.56. The molecular formula is C14H19N5O. The van der Waals surface area contributed by atoms with E-state index in [1.165, 1.54) is 0 Å². The van der Waals surface area contributed by atoms with Gasteiger partial charge in [-0.25, -0.2) is 0 Å². The number of aromatic nitrogens is 2. The summed E-state index contributed by atoms with van der Waals surface area (Å²) in [6, 6.07) is 2.33. The van der Waals surface area contributed by atoms with E-state index in [4.69, 9.17) is 0 Å². The van der Waals surface area contributed by atoms with Crippen LogP contribution in [0.4, 0.5) is 5.82 Å². The Morgan fingerprint density at radius 3 is 2.75 bits per heavy atom. The van der Waals surface area contributed by atoms with Gasteiger partial charge in [-0.15, -0.1) is 5.10 Å². The standard InChI is InChI=1S/C14H19N5O/c1-3-10-11(7-15)14(19-18-12(10)4-2)16-8-9-5-6-13(20)17-9/h9H,3-6,8H2,1-2H3,(H,16,19)(H,17,20). The molecule has 106 valence electrons. The molecule has 2 N–H and O–H groups in total. The average Bonchev–Trinajstić information content (AvgIpc) is 2.89. The summed E-state index contributed by atoms with van der Waals surface area (Å²) in [5.74, 6) is 0.599. The monoisotopic (exact) mass is 273 g/mol. The number of nitriles is 1. The summed E-state index contributed by atoms with van der Waals surface area (Å²) in [7, 11) is 0. The fourth-order valence-corrected chi connectivity index (χ4v) is 2.47. The van der Waals surface area contributed by atoms with Crippen LogP contribution in [-0.4, -0.2) is 28.7 Å². The molecule has 0 radical (unpaired) electrons. The molecule has 2 rings (SSSR count). The van der Waals surface area contributed by atoms with Crippen molar-refractivity contribution in [1.82, 2.24) is 15.5 Å². The number of nitrogens with zero attached hydrogens (tertiary/aromatic N) is 3. The van der Waals surface area contributed by atoms with E-state index in [9.17, 15) is 10.1 Å². The first-order valence-electron chi connectivity index (χ1n) is 7.01. The van der Waals surface area contributed by atoms with Crippen molar-refractivity contribution in [3.63, 3.8) is 0 Å². The van der Waals surface area contributed by atoms with Crippen LogP contribution in [0.3, 0.4) is 0 Å². The highest BCUT2D eigenvalue weighted by Crippen LogP contribution is 2.20. The van der Waals surface area contributed by atoms with Gasteiger partial charge in [0.15, 0.2) is 5.82 Å². The lowest BCUT2D eigenvalue weighted by atomic mass is 10.0. The molecule has 1 aliphatic rings. The number of amides is 1. The average molecular weight is 273 g/mol. The van der Waals surface area contributed by atoms with Gasteiger partial charge >= 0.3 is 0 Å². The van der Waals surface area contributed by atoms with Crippen molar-refractivity contribution in [2.75, 3.05) is 11.9 Å². The molecule has 1 unspecified atom stereocenters. The maximum absolute atomic E-state index is 11.2. The molecule has 1 aromatic rings. The normalized spacial score (nSPS) is 17.6. The van der Waals surface area contributed by atoms with Crippen molar-refractivity contribution in [2.45, 2.75) is 45.6 Å². The topological polar surface area (TPSA) is 90.7 Å². The molecule has 2 heterocycles. The van der Waals surface area contributed by atoms with Crippen LogP contribution in [-0.2, 0) is 17.6 Å². The summed E-state index contributed by atoms with van der Waals surface area (Å²) in [5.41, 5.74) is 2.41. The zero-order chi connectivity index (χ0) is 14.5. The third kappa shape index (κ3) is 2.87. The highest BCUT2D eigenvalue weighted by atomic mass is 16.1. The van der Waals surface area contributed by atoms with Crippen LogP contribution in [0.1, 0.15) is 43.5 Å². The van der Waals surface area contributed by atoms with Gasteiger partial charge in [0.2, 0.25) is 5.91 Å². The Bertz CT molecular complexity index is 549. The molecule has 0 spiro atoms. The number of nitrogens with one attached hydrogen (secondary N) is 2. The molecule has 1 atom stereocenters. The molecule has 20 heavy (non-hydrogen) atoms. The summed E-state index contributed by atoms with van der Waals surface area (Å²) >= 11 is 0. The Labute approximate surface area is 118 Å². The molecule has 1 amide bonds. The molecule has 1 aliphatic heterocycles. The lowest BCUT2D eigenvalue weighted by Gasteiger charge is -2.14. The Balaban J connectivity index is 2.15. The zero-order valence-electron chi connectivity index (χ0n) is 11.9. The second kappa shape index (κ2) is 6.33. The predicted molar refractivity (Wildman–Crippen MR) is 75.2 cm³/mol. The van der Waals surface area contributed by atoms with Gasteiger partial charge < -0.3 is 10.6 Å². The number of anilines is 1. The van der Waals surface area contributed by atoms with E-state index in [1.54, 1.807) is 0 Å². The lowest BCUT2D eigenvalue weighted by molar-refractivity contribution is -0.119. The number of carbonyl (C=O) groups is 1. The van der Waals surface area contributed by atoms with E-state index in [0.29, 0.717) is 24.3 Å². The maximum atomic E-state index is 11.2. The molecule has 1 saturated heterocycles. The van der Waals surface area contributed by atoms with Gasteiger partial charge in [-0.2, -0.15) is 10.4 Å². The Morgan fingerprint density at radius 1 is 1.40 bits per heavy atom. The molecule has 0 bridgehead atoms. The molecular weight excluding hydrogens is 254 g/mol. The van der Waals surface area contributed by atoms with E-state index >= 15 is 0 Å². The van der Waals surface area contributed by atoms with Crippen molar-refractivity contribution in [2.24, 2.45) is 0 Å². The summed E-state index contributed by atoms with van der Waals surface area (Å²) in [6.07, 6.45) is 2.91. The first-order chi connectivity index (χ1) is 9.69. The van der Waals surface area contributed by atoms with Crippen LogP contribution < -0.4 is 10.6 Å². The second-order valence-corrected chi connectivity index (χ2v) is 4.85. The molecule has 0 aromatic carbocycles. The minimum absolute atomic E-state index is 0.0824. The van der Waals surface area contributed by atoms with Crippen molar-refractivity contribution < 1.29 is 4.79 Å². The first kappa shape index (κ1) is 14.3. The van der Waals surface area contributed by atoms with Gasteiger partial charge in [0.05, 0.1) is 5.69 Å². The van der Waals surface area contributed by atoms with Crippen molar-refractivity contribution in [1.29, 1.82) is 5.26 Å². The van der Waals surface area contributed by atoms with Gasteiger partial charge in [-0.3, -0.25) is 4.79 Å². The van der Waals surface area contributed by atoms with Crippen LogP contribution in [0.2, 0.25) is 0 Å². The third-order valence-corrected chi connectivity index (χ3v) is 3.56. The summed E-state index contributed by atoms with van der Waals surface area (Å²) in [5, 5.41) is 23.7. The van der Waals surface area contributed by atoms with Gasteiger partial charge in [0, 0.05) is 19.0 Å². The van der Waals surface area contributed by atoms with Crippen molar-refractivity contribution >= 4 is 11.7 Å². The summed E-state index contributed by atoms with van der Waals surface area (Å²) in [6.45, 7) is 4.59. The molecule has 6 heteroatoms. The van der Waals surface area contributed by atoms with Crippen LogP contribution in [0, 0.1) is 11.3 Å². The molecule has 1 fully saturated rings. The van der Waals surface area contributed by atoms with Crippen molar-refractivity contribution in [3.05, 3.63) is 16.8 Å². The minimum atomic E-state index is 0.0824. The van der Waals surface area contributed by atoms with Gasteiger partial charge in [-0.1, -0.05) is 13.8 Å². The van der Waals surface area contributed by atoms with Gasteiger partial charge in [0.25, 0.3) is 0 Å². The van der Waals surface area contributed by atoms with E-state index in [0.717, 1.165) is 30.5 Å². The highest BCUT2D eigenvalue weighted by molar-refractivity contribution is 5.78. The zero-order valence-corrected chi connectivity index (χ0v) is 11.9. The smallest absolute Gasteiger partial charge is 0.220 e. The molecule has 1 aromatic heterocycles. The summed E-state index contributed by atoms with van der Waals surface area (Å²) < 4.78 is 0. The quantitative estimate of drug-likeness (QED) is 0.840. The Hall–Kier alpha value is -2.16. The fourth-order valence-electron chi connectivity index (χ4n) is 2.47. The molecule has 6 nitrogen and oxygen atoms in total. The molecule has 0 saturated carbocycles. The SMILES string of the molecule is CCc1nnc(NCC2CCC(=O)N2)c(C#N)c1CC. The van der Waals surface area contributed by atoms with E-state index in [1.807, 2.05) is 13.8 Å². The number of aryl methyl sites for hydroxylation is 1. The first-order valence-corrected chi connectivity index (χ1v) is 7.01. The van der Waals surface area contributed by atoms with Crippen molar-refractivity contribution in [3.8, 4) is 6.07 Å². The number of carbonyl (C=O) groups excluding carboxylic acids is 1. The van der Waals surface area contributed by atoms with E-state index < -0.39 is 0 Å². The fraction of sp³-hybridized carbons (Fsp3) is 0.571. The van der Waals surface area contributed by atoms with Gasteiger partial charge in [0.1, 0.15) is 11.6 Å². The minimum Gasteiger partial charge on any atom is -0.365 e. The van der Waals surface area contributed by atoms with E-state index in [-0.39, 0.29) is 11.9 Å². The lowest BCUT2D eigenvalue weighted by Crippen LogP contribution is -2.32. The molecule has 0 aliphatic carbocycles. The number of hydrogen-bond acceptors (Lipinski definition) is 5. The van der Waals surface area contributed by atoms with Crippen LogP contribution in [0.25, 0.3) is 0 Å². The predicted octanol–water partition coefficient (Wildman–Crippen LogP) is 1.16. The maximum Gasteiger partial charge on any atom is 0.220 e. The Morgan fingerprint density at radius 2 is 2.20 bits per heavy atom. The number of rotatable bonds is 5. The van der Waals surface area contributed by atoms with Gasteiger partial charge in [-0.05, 0) is 24.8 Å². The van der Waals surface area contributed by atoms with E-state index in [2.05, 4.69) is 26.9 Å². The second-order valence-electron chi connectivity index (χ2n) is 4.85. The Kier molecular flexibility index (Phi) is 4.51. The highest BCUT2D eigenvalue weighted by Gasteiger charge is 2.21. The van der Waals surface area contributed by atoms with Crippen LogP contribution in [0.5, 0.6) is 0 Å². The van der Waals surface area contributed by atoms with Crippen LogP contribution in [0.15, 0.2) is 0 Å².